The topological polar surface area (TPSA) is 74.3 Å². The zero-order valence-corrected chi connectivity index (χ0v) is 22.4. The van der Waals surface area contributed by atoms with Crippen LogP contribution in [0.1, 0.15) is 28.8 Å². The number of para-hydroxylation sites is 1. The van der Waals surface area contributed by atoms with Crippen LogP contribution in [0.2, 0.25) is 0 Å². The average molecular weight is 538 g/mol. The minimum atomic E-state index is -0.199. The first-order valence-electron chi connectivity index (χ1n) is 12.1. The van der Waals surface area contributed by atoms with E-state index < -0.39 is 0 Å². The van der Waals surface area contributed by atoms with Gasteiger partial charge in [0.05, 0.1) is 16.8 Å². The summed E-state index contributed by atoms with van der Waals surface area (Å²) in [7, 11) is 0. The number of benzene rings is 2. The van der Waals surface area contributed by atoms with Crippen molar-refractivity contribution in [2.45, 2.75) is 13.8 Å². The number of thiazole rings is 1. The standard InChI is InChI=1S/C29H23N5O2S2/c1-3-36-22-11-13-24(19(2)16-22)27-20(18-33(32-27)21-8-5-4-6-9-21)17-25-28(35)34-29(38-25)30-26(31-34)14-12-23-10-7-15-37-23/h4-18H,3H2,1-2H3/b14-12+,25-17-. The summed E-state index contributed by atoms with van der Waals surface area (Å²) >= 11 is 2.95. The van der Waals surface area contributed by atoms with Crippen LogP contribution in [0.25, 0.3) is 40.1 Å². The van der Waals surface area contributed by atoms with Crippen LogP contribution >= 0.6 is 22.7 Å². The number of hydrogen-bond acceptors (Lipinski definition) is 7. The minimum Gasteiger partial charge on any atom is -0.494 e. The second-order valence-electron chi connectivity index (χ2n) is 8.55. The first-order valence-corrected chi connectivity index (χ1v) is 13.8. The van der Waals surface area contributed by atoms with Gasteiger partial charge in [0.2, 0.25) is 4.96 Å². The van der Waals surface area contributed by atoms with E-state index in [0.29, 0.717) is 21.9 Å². The number of aromatic nitrogens is 5. The molecule has 0 N–H and O–H groups in total. The van der Waals surface area contributed by atoms with Crippen LogP contribution in [0.3, 0.4) is 0 Å². The van der Waals surface area contributed by atoms with Crippen LogP contribution in [0.4, 0.5) is 0 Å². The van der Waals surface area contributed by atoms with Gasteiger partial charge in [-0.05, 0) is 79.4 Å². The molecule has 0 bridgehead atoms. The summed E-state index contributed by atoms with van der Waals surface area (Å²) in [5.41, 5.74) is 4.37. The van der Waals surface area contributed by atoms with Crippen LogP contribution in [0.5, 0.6) is 5.75 Å². The molecule has 0 radical (unpaired) electrons. The van der Waals surface area contributed by atoms with E-state index in [1.807, 2.05) is 109 Å². The molecule has 0 saturated heterocycles. The second kappa shape index (κ2) is 10.2. The van der Waals surface area contributed by atoms with Crippen molar-refractivity contribution in [2.75, 3.05) is 6.61 Å². The third-order valence-electron chi connectivity index (χ3n) is 5.95. The average Bonchev–Trinajstić information content (AvgIpc) is 3.71. The fraction of sp³-hybridized carbons (Fsp3) is 0.103. The fourth-order valence-corrected chi connectivity index (χ4v) is 5.70. The maximum atomic E-state index is 13.3. The minimum absolute atomic E-state index is 0.199. The van der Waals surface area contributed by atoms with E-state index in [0.717, 1.165) is 38.7 Å². The predicted octanol–water partition coefficient (Wildman–Crippen LogP) is 5.49. The SMILES string of the molecule is CCOc1ccc(-c2nn(-c3ccccc3)cc2/C=c2\sc3nc(/C=C/c4cccs4)nn3c2=O)c(C)c1. The monoisotopic (exact) mass is 537 g/mol. The quantitative estimate of drug-likeness (QED) is 0.269. The Labute approximate surface area is 226 Å². The van der Waals surface area contributed by atoms with Gasteiger partial charge in [-0.1, -0.05) is 35.6 Å². The molecule has 2 aromatic carbocycles. The van der Waals surface area contributed by atoms with E-state index in [2.05, 4.69) is 10.1 Å². The molecule has 188 valence electrons. The Hall–Kier alpha value is -4.34. The lowest BCUT2D eigenvalue weighted by molar-refractivity contribution is 0.340. The normalized spacial score (nSPS) is 12.2. The van der Waals surface area contributed by atoms with Crippen molar-refractivity contribution in [1.82, 2.24) is 24.4 Å². The molecule has 0 aliphatic rings. The number of hydrogen-bond donors (Lipinski definition) is 0. The summed E-state index contributed by atoms with van der Waals surface area (Å²) in [6.07, 6.45) is 7.60. The zero-order valence-electron chi connectivity index (χ0n) is 20.7. The molecule has 9 heteroatoms. The molecule has 0 fully saturated rings. The molecule has 0 aliphatic carbocycles. The molecule has 0 unspecified atom stereocenters. The molecule has 0 amide bonds. The lowest BCUT2D eigenvalue weighted by Gasteiger charge is -2.08. The summed E-state index contributed by atoms with van der Waals surface area (Å²) < 4.78 is 9.43. The van der Waals surface area contributed by atoms with Gasteiger partial charge in [0.1, 0.15) is 11.4 Å². The van der Waals surface area contributed by atoms with Crippen molar-refractivity contribution in [2.24, 2.45) is 0 Å². The van der Waals surface area contributed by atoms with Gasteiger partial charge in [0, 0.05) is 22.2 Å². The number of ether oxygens (including phenoxy) is 1. The van der Waals surface area contributed by atoms with E-state index in [4.69, 9.17) is 9.84 Å². The van der Waals surface area contributed by atoms with Crippen LogP contribution < -0.4 is 14.8 Å². The maximum Gasteiger partial charge on any atom is 0.291 e. The number of aryl methyl sites for hydroxylation is 1. The lowest BCUT2D eigenvalue weighted by Crippen LogP contribution is -2.23. The number of thiophene rings is 1. The maximum absolute atomic E-state index is 13.3. The van der Waals surface area contributed by atoms with Crippen LogP contribution in [-0.2, 0) is 0 Å². The molecule has 6 rings (SSSR count). The van der Waals surface area contributed by atoms with Crippen molar-refractivity contribution < 1.29 is 4.74 Å². The summed E-state index contributed by atoms with van der Waals surface area (Å²) in [5.74, 6) is 1.33. The van der Waals surface area contributed by atoms with Gasteiger partial charge >= 0.3 is 0 Å². The molecule has 0 saturated carbocycles. The molecular weight excluding hydrogens is 514 g/mol. The largest absolute Gasteiger partial charge is 0.494 e. The van der Waals surface area contributed by atoms with E-state index in [1.165, 1.54) is 15.9 Å². The molecule has 0 atom stereocenters. The van der Waals surface area contributed by atoms with Gasteiger partial charge in [-0.3, -0.25) is 4.79 Å². The van der Waals surface area contributed by atoms with Crippen molar-refractivity contribution in [3.8, 4) is 22.7 Å². The predicted molar refractivity (Wildman–Crippen MR) is 154 cm³/mol. The molecule has 7 nitrogen and oxygen atoms in total. The Kier molecular flexibility index (Phi) is 6.45. The third kappa shape index (κ3) is 4.69. The van der Waals surface area contributed by atoms with Crippen molar-refractivity contribution in [1.29, 1.82) is 0 Å². The first kappa shape index (κ1) is 24.0. The number of rotatable bonds is 7. The Morgan fingerprint density at radius 1 is 1.03 bits per heavy atom. The highest BCUT2D eigenvalue weighted by Gasteiger charge is 2.16. The number of nitrogens with zero attached hydrogens (tertiary/aromatic N) is 5. The summed E-state index contributed by atoms with van der Waals surface area (Å²) in [6.45, 7) is 4.61. The molecule has 6 aromatic rings. The third-order valence-corrected chi connectivity index (χ3v) is 7.75. The Bertz CT molecular complexity index is 1870. The highest BCUT2D eigenvalue weighted by molar-refractivity contribution is 7.15. The van der Waals surface area contributed by atoms with E-state index in [9.17, 15) is 4.79 Å². The molecular formula is C29H23N5O2S2. The van der Waals surface area contributed by atoms with Gasteiger partial charge in [0.25, 0.3) is 5.56 Å². The molecule has 0 aliphatic heterocycles. The Morgan fingerprint density at radius 2 is 1.89 bits per heavy atom. The Morgan fingerprint density at radius 3 is 2.63 bits per heavy atom. The summed E-state index contributed by atoms with van der Waals surface area (Å²) in [6, 6.07) is 19.9. The van der Waals surface area contributed by atoms with E-state index in [1.54, 1.807) is 11.3 Å². The van der Waals surface area contributed by atoms with Crippen molar-refractivity contribution in [3.63, 3.8) is 0 Å². The second-order valence-corrected chi connectivity index (χ2v) is 10.5. The highest BCUT2D eigenvalue weighted by atomic mass is 32.1. The molecule has 4 heterocycles. The number of fused-ring (bicyclic) bond motifs is 1. The van der Waals surface area contributed by atoms with Crippen molar-refractivity contribution in [3.05, 3.63) is 109 Å². The zero-order chi connectivity index (χ0) is 26.1. The molecule has 38 heavy (non-hydrogen) atoms. The lowest BCUT2D eigenvalue weighted by atomic mass is 10.0. The van der Waals surface area contributed by atoms with Gasteiger partial charge in [0.15, 0.2) is 5.82 Å². The van der Waals surface area contributed by atoms with Gasteiger partial charge in [-0.15, -0.1) is 16.4 Å². The van der Waals surface area contributed by atoms with E-state index in [-0.39, 0.29) is 5.56 Å². The fourth-order valence-electron chi connectivity index (χ4n) is 4.18. The summed E-state index contributed by atoms with van der Waals surface area (Å²) in [5, 5.41) is 11.3. The van der Waals surface area contributed by atoms with Gasteiger partial charge < -0.3 is 4.74 Å². The Balaban J connectivity index is 1.44. The summed E-state index contributed by atoms with van der Waals surface area (Å²) in [4.78, 5) is 19.5. The van der Waals surface area contributed by atoms with E-state index >= 15 is 0 Å². The first-order chi connectivity index (χ1) is 18.6. The highest BCUT2D eigenvalue weighted by Crippen LogP contribution is 2.30. The van der Waals surface area contributed by atoms with Crippen molar-refractivity contribution >= 4 is 45.9 Å². The van der Waals surface area contributed by atoms with Crippen LogP contribution in [-0.4, -0.2) is 31.0 Å². The molecule has 0 spiro atoms. The van der Waals surface area contributed by atoms with Gasteiger partial charge in [-0.25, -0.2) is 4.68 Å². The van der Waals surface area contributed by atoms with Crippen LogP contribution in [0, 0.1) is 6.92 Å². The van der Waals surface area contributed by atoms with Crippen LogP contribution in [0.15, 0.2) is 77.0 Å². The molecule has 4 aromatic heterocycles. The smallest absolute Gasteiger partial charge is 0.291 e. The van der Waals surface area contributed by atoms with Gasteiger partial charge in [-0.2, -0.15) is 14.6 Å².